The van der Waals surface area contributed by atoms with E-state index in [0.717, 1.165) is 4.31 Å². The van der Waals surface area contributed by atoms with E-state index in [1.54, 1.807) is 13.0 Å². The number of ether oxygens (including phenoxy) is 1. The van der Waals surface area contributed by atoms with E-state index in [-0.39, 0.29) is 23.7 Å². The molecule has 0 radical (unpaired) electrons. The quantitative estimate of drug-likeness (QED) is 0.636. The smallest absolute Gasteiger partial charge is 0.321 e. The first-order valence-corrected chi connectivity index (χ1v) is 7.68. The molecule has 0 bridgehead atoms. The van der Waals surface area contributed by atoms with Gasteiger partial charge in [-0.3, -0.25) is 4.79 Å². The van der Waals surface area contributed by atoms with E-state index in [1.165, 1.54) is 19.2 Å². The summed E-state index contributed by atoms with van der Waals surface area (Å²) in [5.74, 6) is -0.624. The third-order valence-corrected chi connectivity index (χ3v) is 4.96. The fourth-order valence-corrected chi connectivity index (χ4v) is 3.34. The Bertz CT molecular complexity index is 574. The minimum absolute atomic E-state index is 0.0264. The Balaban J connectivity index is 3.17. The van der Waals surface area contributed by atoms with Crippen molar-refractivity contribution in [3.8, 4) is 0 Å². The molecule has 1 aromatic rings. The zero-order chi connectivity index (χ0) is 14.6. The monoisotopic (exact) mass is 350 g/mol. The number of benzene rings is 1. The van der Waals surface area contributed by atoms with Crippen LogP contribution in [-0.2, 0) is 19.6 Å². The molecule has 0 unspecified atom stereocenters. The second-order valence-electron chi connectivity index (χ2n) is 3.69. The number of sulfonamides is 1. The summed E-state index contributed by atoms with van der Waals surface area (Å²) >= 11 is 3.21. The first kappa shape index (κ1) is 15.9. The van der Waals surface area contributed by atoms with Crippen LogP contribution in [0.1, 0.15) is 6.92 Å². The summed E-state index contributed by atoms with van der Waals surface area (Å²) in [5.41, 5.74) is 5.83. The average Bonchev–Trinajstić information content (AvgIpc) is 2.34. The molecular formula is C11H15BrN2O4S. The SMILES string of the molecule is CCN(CC(=O)OC)S(=O)(=O)c1ccc(Br)cc1N. The Hall–Kier alpha value is -1.12. The van der Waals surface area contributed by atoms with Crippen LogP contribution in [-0.4, -0.2) is 38.9 Å². The van der Waals surface area contributed by atoms with E-state index in [2.05, 4.69) is 20.7 Å². The van der Waals surface area contributed by atoms with Gasteiger partial charge in [-0.05, 0) is 18.2 Å². The van der Waals surface area contributed by atoms with Crippen LogP contribution < -0.4 is 5.73 Å². The second kappa shape index (κ2) is 6.36. The highest BCUT2D eigenvalue weighted by Gasteiger charge is 2.27. The molecule has 19 heavy (non-hydrogen) atoms. The Kier molecular flexibility index (Phi) is 5.33. The topological polar surface area (TPSA) is 89.7 Å². The minimum Gasteiger partial charge on any atom is -0.468 e. The van der Waals surface area contributed by atoms with Gasteiger partial charge >= 0.3 is 5.97 Å². The number of esters is 1. The van der Waals surface area contributed by atoms with Crippen molar-refractivity contribution >= 4 is 37.6 Å². The third-order valence-electron chi connectivity index (χ3n) is 2.48. The summed E-state index contributed by atoms with van der Waals surface area (Å²) in [5, 5.41) is 0. The second-order valence-corrected chi connectivity index (χ2v) is 6.51. The van der Waals surface area contributed by atoms with Crippen LogP contribution >= 0.6 is 15.9 Å². The number of anilines is 1. The Labute approximate surface area is 120 Å². The van der Waals surface area contributed by atoms with E-state index in [0.29, 0.717) is 4.47 Å². The van der Waals surface area contributed by atoms with Crippen molar-refractivity contribution in [3.05, 3.63) is 22.7 Å². The summed E-state index contributed by atoms with van der Waals surface area (Å²) < 4.78 is 30.9. The highest BCUT2D eigenvalue weighted by molar-refractivity contribution is 9.10. The Morgan fingerprint density at radius 2 is 2.11 bits per heavy atom. The van der Waals surface area contributed by atoms with Gasteiger partial charge in [0.1, 0.15) is 11.4 Å². The highest BCUT2D eigenvalue weighted by Crippen LogP contribution is 2.25. The van der Waals surface area contributed by atoms with Crippen molar-refractivity contribution < 1.29 is 17.9 Å². The molecule has 0 heterocycles. The summed E-state index contributed by atoms with van der Waals surface area (Å²) in [6, 6.07) is 4.47. The van der Waals surface area contributed by atoms with Gasteiger partial charge in [-0.25, -0.2) is 8.42 Å². The van der Waals surface area contributed by atoms with E-state index < -0.39 is 16.0 Å². The van der Waals surface area contributed by atoms with Gasteiger partial charge in [-0.1, -0.05) is 22.9 Å². The fraction of sp³-hybridized carbons (Fsp3) is 0.364. The van der Waals surface area contributed by atoms with Crippen LogP contribution in [0.5, 0.6) is 0 Å². The molecule has 2 N–H and O–H groups in total. The lowest BCUT2D eigenvalue weighted by atomic mass is 10.3. The van der Waals surface area contributed by atoms with E-state index >= 15 is 0 Å². The van der Waals surface area contributed by atoms with Gasteiger partial charge in [-0.15, -0.1) is 0 Å². The molecular weight excluding hydrogens is 336 g/mol. The molecule has 0 amide bonds. The zero-order valence-corrected chi connectivity index (χ0v) is 13.0. The molecule has 0 aromatic heterocycles. The van der Waals surface area contributed by atoms with Crippen LogP contribution in [0.15, 0.2) is 27.6 Å². The first-order valence-electron chi connectivity index (χ1n) is 5.45. The molecule has 0 aliphatic heterocycles. The van der Waals surface area contributed by atoms with Gasteiger partial charge in [0.2, 0.25) is 10.0 Å². The van der Waals surface area contributed by atoms with Crippen molar-refractivity contribution in [1.82, 2.24) is 4.31 Å². The highest BCUT2D eigenvalue weighted by atomic mass is 79.9. The molecule has 0 aliphatic carbocycles. The molecule has 106 valence electrons. The van der Waals surface area contributed by atoms with Crippen LogP contribution in [0.3, 0.4) is 0 Å². The van der Waals surface area contributed by atoms with Crippen molar-refractivity contribution in [1.29, 1.82) is 0 Å². The summed E-state index contributed by atoms with van der Waals surface area (Å²) in [6.07, 6.45) is 0. The van der Waals surface area contributed by atoms with Crippen molar-refractivity contribution in [2.24, 2.45) is 0 Å². The number of methoxy groups -OCH3 is 1. The molecule has 0 atom stereocenters. The van der Waals surface area contributed by atoms with Gasteiger partial charge in [0.15, 0.2) is 0 Å². The summed E-state index contributed by atoms with van der Waals surface area (Å²) in [6.45, 7) is 1.44. The molecule has 1 rings (SSSR count). The van der Waals surface area contributed by atoms with E-state index in [4.69, 9.17) is 5.73 Å². The predicted molar refractivity (Wildman–Crippen MR) is 75.0 cm³/mol. The van der Waals surface area contributed by atoms with Gasteiger partial charge in [0.25, 0.3) is 0 Å². The molecule has 1 aromatic carbocycles. The summed E-state index contributed by atoms with van der Waals surface area (Å²) in [7, 11) is -2.61. The standard InChI is InChI=1S/C11H15BrN2O4S/c1-3-14(7-11(15)18-2)19(16,17)10-5-4-8(12)6-9(10)13/h4-6H,3,7,13H2,1-2H3. The van der Waals surface area contributed by atoms with Crippen LogP contribution in [0.2, 0.25) is 0 Å². The number of hydrogen-bond acceptors (Lipinski definition) is 5. The number of likely N-dealkylation sites (N-methyl/N-ethyl adjacent to an activating group) is 1. The lowest BCUT2D eigenvalue weighted by Crippen LogP contribution is -2.36. The number of halogens is 1. The molecule has 0 aliphatic rings. The van der Waals surface area contributed by atoms with Gasteiger partial charge in [0.05, 0.1) is 12.8 Å². The number of rotatable bonds is 5. The number of nitrogens with zero attached hydrogens (tertiary/aromatic N) is 1. The van der Waals surface area contributed by atoms with Gasteiger partial charge in [0, 0.05) is 11.0 Å². The lowest BCUT2D eigenvalue weighted by molar-refractivity contribution is -0.140. The van der Waals surface area contributed by atoms with Crippen LogP contribution in [0, 0.1) is 0 Å². The molecule has 8 heteroatoms. The van der Waals surface area contributed by atoms with Gasteiger partial charge < -0.3 is 10.5 Å². The molecule has 0 saturated heterocycles. The average molecular weight is 351 g/mol. The number of carbonyl (C=O) groups is 1. The Morgan fingerprint density at radius 3 is 2.58 bits per heavy atom. The zero-order valence-electron chi connectivity index (χ0n) is 10.6. The summed E-state index contributed by atoms with van der Waals surface area (Å²) in [4.78, 5) is 11.2. The number of nitrogens with two attached hydrogens (primary N) is 1. The lowest BCUT2D eigenvalue weighted by Gasteiger charge is -2.20. The largest absolute Gasteiger partial charge is 0.468 e. The molecule has 0 saturated carbocycles. The molecule has 0 spiro atoms. The first-order chi connectivity index (χ1) is 8.82. The maximum Gasteiger partial charge on any atom is 0.321 e. The molecule has 0 fully saturated rings. The van der Waals surface area contributed by atoms with Crippen LogP contribution in [0.4, 0.5) is 5.69 Å². The normalized spacial score (nSPS) is 11.6. The van der Waals surface area contributed by atoms with Crippen LogP contribution in [0.25, 0.3) is 0 Å². The number of carbonyl (C=O) groups excluding carboxylic acids is 1. The maximum atomic E-state index is 12.4. The van der Waals surface area contributed by atoms with Crippen molar-refractivity contribution in [2.45, 2.75) is 11.8 Å². The maximum absolute atomic E-state index is 12.4. The molecule has 6 nitrogen and oxygen atoms in total. The number of hydrogen-bond donors (Lipinski definition) is 1. The number of nitrogen functional groups attached to an aromatic ring is 1. The van der Waals surface area contributed by atoms with Crippen molar-refractivity contribution in [2.75, 3.05) is 25.9 Å². The van der Waals surface area contributed by atoms with Crippen molar-refractivity contribution in [3.63, 3.8) is 0 Å². The Morgan fingerprint density at radius 1 is 1.47 bits per heavy atom. The minimum atomic E-state index is -3.82. The van der Waals surface area contributed by atoms with E-state index in [9.17, 15) is 13.2 Å². The fourth-order valence-electron chi connectivity index (χ4n) is 1.47. The van der Waals surface area contributed by atoms with Gasteiger partial charge in [-0.2, -0.15) is 4.31 Å². The third kappa shape index (κ3) is 3.68. The predicted octanol–water partition coefficient (Wildman–Crippen LogP) is 1.21. The van der Waals surface area contributed by atoms with E-state index in [1.807, 2.05) is 0 Å².